The Labute approximate surface area is 179 Å². The molecule has 0 spiro atoms. The van der Waals surface area contributed by atoms with Crippen molar-refractivity contribution in [2.75, 3.05) is 13.2 Å². The van der Waals surface area contributed by atoms with Gasteiger partial charge < -0.3 is 9.47 Å². The van der Waals surface area contributed by atoms with E-state index in [2.05, 4.69) is 25.7 Å². The van der Waals surface area contributed by atoms with Crippen molar-refractivity contribution >= 4 is 11.9 Å². The molecule has 29 heavy (non-hydrogen) atoms. The second-order valence-electron chi connectivity index (χ2n) is 7.82. The van der Waals surface area contributed by atoms with E-state index in [0.717, 1.165) is 12.8 Å². The molecule has 4 heteroatoms. The van der Waals surface area contributed by atoms with E-state index < -0.39 is 5.97 Å². The highest BCUT2D eigenvalue weighted by molar-refractivity contribution is 5.86. The molecule has 0 aromatic carbocycles. The summed E-state index contributed by atoms with van der Waals surface area (Å²) in [4.78, 5) is 22.7. The van der Waals surface area contributed by atoms with Gasteiger partial charge in [0.15, 0.2) is 0 Å². The number of carbonyl (C=O) groups is 2. The Morgan fingerprint density at radius 1 is 0.724 bits per heavy atom. The molecule has 0 saturated carbocycles. The molecule has 0 atom stereocenters. The van der Waals surface area contributed by atoms with E-state index in [1.165, 1.54) is 77.0 Å². The number of hydrogen-bond donors (Lipinski definition) is 0. The number of hydrogen-bond acceptors (Lipinski definition) is 4. The first-order valence-corrected chi connectivity index (χ1v) is 11.7. The topological polar surface area (TPSA) is 52.6 Å². The first kappa shape index (κ1) is 27.4. The van der Waals surface area contributed by atoms with Crippen molar-refractivity contribution < 1.29 is 19.1 Å². The summed E-state index contributed by atoms with van der Waals surface area (Å²) in [6.07, 6.45) is 22.6. The molecule has 0 rings (SSSR count). The Hall–Kier alpha value is -1.58. The van der Waals surface area contributed by atoms with Crippen molar-refractivity contribution in [2.45, 2.75) is 110 Å². The largest absolute Gasteiger partial charge is 0.462 e. The molecule has 0 saturated heterocycles. The molecular formula is C25H44O4. The van der Waals surface area contributed by atoms with Crippen LogP contribution in [0.25, 0.3) is 0 Å². The number of carbonyl (C=O) groups excluding carboxylic acids is 2. The van der Waals surface area contributed by atoms with E-state index in [0.29, 0.717) is 12.0 Å². The van der Waals surface area contributed by atoms with Crippen LogP contribution >= 0.6 is 0 Å². The van der Waals surface area contributed by atoms with E-state index in [-0.39, 0.29) is 19.2 Å². The summed E-state index contributed by atoms with van der Waals surface area (Å²) in [6.45, 7) is 7.54. The Bertz CT molecular complexity index is 454. The van der Waals surface area contributed by atoms with Crippen LogP contribution in [0.5, 0.6) is 0 Å². The van der Waals surface area contributed by atoms with Gasteiger partial charge in [0.05, 0.1) is 0 Å². The zero-order valence-electron chi connectivity index (χ0n) is 19.0. The lowest BCUT2D eigenvalue weighted by atomic mass is 10.1. The minimum Gasteiger partial charge on any atom is -0.462 e. The van der Waals surface area contributed by atoms with Crippen LogP contribution in [0.15, 0.2) is 24.3 Å². The van der Waals surface area contributed by atoms with Gasteiger partial charge in [0.1, 0.15) is 13.2 Å². The quantitative estimate of drug-likeness (QED) is 0.0935. The molecule has 0 N–H and O–H groups in total. The highest BCUT2D eigenvalue weighted by Gasteiger charge is 2.05. The number of unbranched alkanes of at least 4 members (excludes halogenated alkanes) is 12. The molecule has 0 aliphatic carbocycles. The van der Waals surface area contributed by atoms with E-state index in [4.69, 9.17) is 9.47 Å². The molecule has 0 aromatic rings. The van der Waals surface area contributed by atoms with Crippen LogP contribution in [0.1, 0.15) is 110 Å². The van der Waals surface area contributed by atoms with Gasteiger partial charge in [-0.2, -0.15) is 0 Å². The summed E-state index contributed by atoms with van der Waals surface area (Å²) in [6, 6.07) is 0. The Morgan fingerprint density at radius 3 is 1.76 bits per heavy atom. The summed E-state index contributed by atoms with van der Waals surface area (Å²) in [5.41, 5.74) is 0.348. The van der Waals surface area contributed by atoms with Crippen molar-refractivity contribution in [1.82, 2.24) is 0 Å². The fourth-order valence-electron chi connectivity index (χ4n) is 3.00. The van der Waals surface area contributed by atoms with Gasteiger partial charge in [0.25, 0.3) is 0 Å². The smallest absolute Gasteiger partial charge is 0.333 e. The Kier molecular flexibility index (Phi) is 20.0. The highest BCUT2D eigenvalue weighted by Crippen LogP contribution is 2.11. The average Bonchev–Trinajstić information content (AvgIpc) is 2.70. The molecule has 0 fully saturated rings. The summed E-state index contributed by atoms with van der Waals surface area (Å²) in [5.74, 6) is -0.666. The van der Waals surface area contributed by atoms with Crippen molar-refractivity contribution in [3.8, 4) is 0 Å². The van der Waals surface area contributed by atoms with Crippen LogP contribution in [-0.4, -0.2) is 25.2 Å². The number of allylic oxidation sites excluding steroid dienone is 2. The number of rotatable bonds is 20. The van der Waals surface area contributed by atoms with Gasteiger partial charge in [-0.3, -0.25) is 4.79 Å². The van der Waals surface area contributed by atoms with Crippen LogP contribution in [0.3, 0.4) is 0 Å². The molecule has 0 bridgehead atoms. The fourth-order valence-corrected chi connectivity index (χ4v) is 3.00. The molecule has 0 heterocycles. The SMILES string of the molecule is C=C(C)C(=O)OCCOC(=O)CCCCCCCC/C=C/CCCCCCCC. The summed E-state index contributed by atoms with van der Waals surface area (Å²) in [5, 5.41) is 0. The Balaban J connectivity index is 3.28. The normalized spacial score (nSPS) is 11.0. The molecule has 0 aliphatic rings. The predicted octanol–water partition coefficient (Wildman–Crippen LogP) is 7.08. The number of esters is 2. The second kappa shape index (κ2) is 21.1. The zero-order chi connectivity index (χ0) is 21.6. The molecule has 0 unspecified atom stereocenters. The van der Waals surface area contributed by atoms with Crippen LogP contribution in [-0.2, 0) is 19.1 Å². The van der Waals surface area contributed by atoms with Crippen molar-refractivity contribution in [1.29, 1.82) is 0 Å². The maximum atomic E-state index is 11.6. The maximum absolute atomic E-state index is 11.6. The van der Waals surface area contributed by atoms with Gasteiger partial charge >= 0.3 is 11.9 Å². The second-order valence-corrected chi connectivity index (χ2v) is 7.82. The van der Waals surface area contributed by atoms with Crippen molar-refractivity contribution in [3.05, 3.63) is 24.3 Å². The van der Waals surface area contributed by atoms with Crippen LogP contribution in [0, 0.1) is 0 Å². The van der Waals surface area contributed by atoms with Crippen molar-refractivity contribution in [2.24, 2.45) is 0 Å². The first-order chi connectivity index (χ1) is 14.1. The van der Waals surface area contributed by atoms with Crippen LogP contribution < -0.4 is 0 Å². The summed E-state index contributed by atoms with van der Waals surface area (Å²) >= 11 is 0. The van der Waals surface area contributed by atoms with E-state index >= 15 is 0 Å². The molecule has 0 amide bonds. The van der Waals surface area contributed by atoms with E-state index in [9.17, 15) is 9.59 Å². The predicted molar refractivity (Wildman–Crippen MR) is 121 cm³/mol. The van der Waals surface area contributed by atoms with Gasteiger partial charge in [-0.25, -0.2) is 4.79 Å². The minimum absolute atomic E-state index is 0.0881. The van der Waals surface area contributed by atoms with Crippen LogP contribution in [0.2, 0.25) is 0 Å². The lowest BCUT2D eigenvalue weighted by Gasteiger charge is -2.06. The van der Waals surface area contributed by atoms with Gasteiger partial charge in [0, 0.05) is 12.0 Å². The number of ether oxygens (including phenoxy) is 2. The lowest BCUT2D eigenvalue weighted by molar-refractivity contribution is -0.150. The fraction of sp³-hybridized carbons (Fsp3) is 0.760. The highest BCUT2D eigenvalue weighted by atomic mass is 16.6. The Morgan fingerprint density at radius 2 is 1.21 bits per heavy atom. The lowest BCUT2D eigenvalue weighted by Crippen LogP contribution is -2.14. The van der Waals surface area contributed by atoms with Gasteiger partial charge in [-0.1, -0.05) is 83.4 Å². The molecule has 168 valence electrons. The average molecular weight is 409 g/mol. The molecule has 4 nitrogen and oxygen atoms in total. The summed E-state index contributed by atoms with van der Waals surface area (Å²) < 4.78 is 9.91. The third kappa shape index (κ3) is 21.0. The van der Waals surface area contributed by atoms with Crippen LogP contribution in [0.4, 0.5) is 0 Å². The third-order valence-corrected chi connectivity index (χ3v) is 4.82. The summed E-state index contributed by atoms with van der Waals surface area (Å²) in [7, 11) is 0. The van der Waals surface area contributed by atoms with E-state index in [1.807, 2.05) is 0 Å². The van der Waals surface area contributed by atoms with Gasteiger partial charge in [-0.05, 0) is 39.0 Å². The molecule has 0 radical (unpaired) electrons. The third-order valence-electron chi connectivity index (χ3n) is 4.82. The van der Waals surface area contributed by atoms with Gasteiger partial charge in [0.2, 0.25) is 0 Å². The zero-order valence-corrected chi connectivity index (χ0v) is 19.0. The molecule has 0 aromatic heterocycles. The monoisotopic (exact) mass is 408 g/mol. The van der Waals surface area contributed by atoms with Crippen molar-refractivity contribution in [3.63, 3.8) is 0 Å². The first-order valence-electron chi connectivity index (χ1n) is 11.7. The minimum atomic E-state index is -0.450. The molecular weight excluding hydrogens is 364 g/mol. The maximum Gasteiger partial charge on any atom is 0.333 e. The molecule has 0 aliphatic heterocycles. The van der Waals surface area contributed by atoms with E-state index in [1.54, 1.807) is 6.92 Å². The van der Waals surface area contributed by atoms with Gasteiger partial charge in [-0.15, -0.1) is 0 Å². The standard InChI is InChI=1S/C25H44O4/c1-4-5-6-7-8-9-10-11-12-13-14-15-16-17-18-19-20-24(26)28-21-22-29-25(27)23(2)3/h11-12H,2,4-10,13-22H2,1,3H3/b12-11+.